The van der Waals surface area contributed by atoms with Crippen molar-refractivity contribution in [3.63, 3.8) is 0 Å². The van der Waals surface area contributed by atoms with Gasteiger partial charge in [0.05, 0.1) is 17.9 Å². The lowest BCUT2D eigenvalue weighted by molar-refractivity contribution is -0.148. The van der Waals surface area contributed by atoms with Crippen molar-refractivity contribution < 1.29 is 9.53 Å². The number of aryl methyl sites for hydroxylation is 2. The Morgan fingerprint density at radius 3 is 2.88 bits per heavy atom. The van der Waals surface area contributed by atoms with Crippen LogP contribution in [0.3, 0.4) is 0 Å². The highest BCUT2D eigenvalue weighted by atomic mass is 32.1. The van der Waals surface area contributed by atoms with Gasteiger partial charge in [-0.15, -0.1) is 11.3 Å². The number of rotatable bonds is 3. The van der Waals surface area contributed by atoms with Crippen LogP contribution >= 0.6 is 11.3 Å². The predicted octanol–water partition coefficient (Wildman–Crippen LogP) is 3.35. The molecule has 2 aromatic heterocycles. The van der Waals surface area contributed by atoms with Gasteiger partial charge in [-0.1, -0.05) is 0 Å². The summed E-state index contributed by atoms with van der Waals surface area (Å²) < 4.78 is 5.17. The smallest absolute Gasteiger partial charge is 0.309 e. The second kappa shape index (κ2) is 6.67. The molecule has 0 aromatic carbocycles. The minimum Gasteiger partial charge on any atom is -0.466 e. The first-order chi connectivity index (χ1) is 11.8. The molecule has 128 valence electrons. The van der Waals surface area contributed by atoms with Crippen LogP contribution < -0.4 is 4.90 Å². The fraction of sp³-hybridized carbons (Fsp3) is 0.611. The van der Waals surface area contributed by atoms with Crippen molar-refractivity contribution >= 4 is 33.3 Å². The summed E-state index contributed by atoms with van der Waals surface area (Å²) >= 11 is 1.84. The molecule has 0 bridgehead atoms. The van der Waals surface area contributed by atoms with Crippen LogP contribution in [0.4, 0.5) is 5.82 Å². The first-order valence-corrected chi connectivity index (χ1v) is 9.76. The molecule has 0 atom stereocenters. The molecular weight excluding hydrogens is 322 g/mol. The molecular formula is C18H23N3O2S. The van der Waals surface area contributed by atoms with E-state index in [0.29, 0.717) is 6.61 Å². The van der Waals surface area contributed by atoms with Gasteiger partial charge < -0.3 is 9.64 Å². The molecule has 1 aliphatic carbocycles. The Hall–Kier alpha value is -1.69. The van der Waals surface area contributed by atoms with E-state index in [1.807, 2.05) is 18.3 Å². The van der Waals surface area contributed by atoms with Gasteiger partial charge in [0.15, 0.2) is 0 Å². The van der Waals surface area contributed by atoms with Crippen molar-refractivity contribution in [2.24, 2.45) is 5.92 Å². The quantitative estimate of drug-likeness (QED) is 0.799. The fourth-order valence-corrected chi connectivity index (χ4v) is 5.12. The average molecular weight is 345 g/mol. The van der Waals surface area contributed by atoms with Crippen molar-refractivity contribution in [1.29, 1.82) is 0 Å². The van der Waals surface area contributed by atoms with Gasteiger partial charge in [-0.25, -0.2) is 9.97 Å². The molecule has 0 N–H and O–H groups in total. The summed E-state index contributed by atoms with van der Waals surface area (Å²) in [4.78, 5) is 26.0. The van der Waals surface area contributed by atoms with E-state index in [1.54, 1.807) is 6.33 Å². The summed E-state index contributed by atoms with van der Waals surface area (Å²) in [6, 6.07) is 0. The first kappa shape index (κ1) is 15.8. The molecule has 0 amide bonds. The van der Waals surface area contributed by atoms with Crippen LogP contribution in [-0.4, -0.2) is 35.6 Å². The van der Waals surface area contributed by atoms with Gasteiger partial charge in [-0.05, 0) is 51.0 Å². The van der Waals surface area contributed by atoms with E-state index in [0.717, 1.165) is 43.0 Å². The highest BCUT2D eigenvalue weighted by molar-refractivity contribution is 7.19. The molecule has 24 heavy (non-hydrogen) atoms. The molecule has 4 rings (SSSR count). The number of fused-ring (bicyclic) bond motifs is 3. The van der Waals surface area contributed by atoms with Gasteiger partial charge in [0, 0.05) is 18.0 Å². The van der Waals surface area contributed by atoms with E-state index in [4.69, 9.17) is 4.74 Å². The summed E-state index contributed by atoms with van der Waals surface area (Å²) in [6.07, 6.45) is 8.26. The largest absolute Gasteiger partial charge is 0.466 e. The number of ether oxygens (including phenoxy) is 1. The van der Waals surface area contributed by atoms with E-state index >= 15 is 0 Å². The van der Waals surface area contributed by atoms with Gasteiger partial charge >= 0.3 is 5.97 Å². The molecule has 1 saturated heterocycles. The van der Waals surface area contributed by atoms with E-state index in [1.165, 1.54) is 35.1 Å². The highest BCUT2D eigenvalue weighted by Gasteiger charge is 2.29. The van der Waals surface area contributed by atoms with Crippen LogP contribution in [0.15, 0.2) is 6.33 Å². The number of esters is 1. The molecule has 1 fully saturated rings. The van der Waals surface area contributed by atoms with Crippen LogP contribution in [0, 0.1) is 5.92 Å². The Balaban J connectivity index is 1.59. The van der Waals surface area contributed by atoms with Crippen molar-refractivity contribution in [3.05, 3.63) is 16.8 Å². The zero-order valence-corrected chi connectivity index (χ0v) is 14.9. The molecule has 0 saturated carbocycles. The van der Waals surface area contributed by atoms with Gasteiger partial charge in [-0.3, -0.25) is 4.79 Å². The summed E-state index contributed by atoms with van der Waals surface area (Å²) in [6.45, 7) is 4.05. The molecule has 6 heteroatoms. The molecule has 2 aromatic rings. The normalized spacial score (nSPS) is 18.6. The van der Waals surface area contributed by atoms with Crippen molar-refractivity contribution in [2.45, 2.75) is 45.4 Å². The minimum absolute atomic E-state index is 0.0370. The van der Waals surface area contributed by atoms with E-state index in [9.17, 15) is 4.79 Å². The summed E-state index contributed by atoms with van der Waals surface area (Å²) in [5, 5.41) is 1.27. The number of anilines is 1. The SMILES string of the molecule is CCOC(=O)C1CCN(c2ncnc3sc4c(c23)CCCC4)CC1. The number of carbonyl (C=O) groups is 1. The van der Waals surface area contributed by atoms with Gasteiger partial charge in [-0.2, -0.15) is 0 Å². The maximum Gasteiger partial charge on any atom is 0.309 e. The Labute approximate surface area is 146 Å². The monoisotopic (exact) mass is 345 g/mol. The third-order valence-electron chi connectivity index (χ3n) is 5.15. The number of aromatic nitrogens is 2. The van der Waals surface area contributed by atoms with Crippen molar-refractivity contribution in [1.82, 2.24) is 9.97 Å². The van der Waals surface area contributed by atoms with Crippen molar-refractivity contribution in [2.75, 3.05) is 24.6 Å². The molecule has 0 unspecified atom stereocenters. The standard InChI is InChI=1S/C18H23N3O2S/c1-2-23-18(22)12-7-9-21(10-8-12)16-15-13-5-3-4-6-14(13)24-17(15)20-11-19-16/h11-12H,2-10H2,1H3. The average Bonchev–Trinajstić information content (AvgIpc) is 3.01. The second-order valence-electron chi connectivity index (χ2n) is 6.60. The van der Waals surface area contributed by atoms with Crippen LogP contribution in [0.2, 0.25) is 0 Å². The number of thiophene rings is 1. The maximum atomic E-state index is 11.9. The number of nitrogens with zero attached hydrogens (tertiary/aromatic N) is 3. The zero-order chi connectivity index (χ0) is 16.5. The Bertz CT molecular complexity index is 750. The summed E-state index contributed by atoms with van der Waals surface area (Å²) in [5.41, 5.74) is 1.48. The van der Waals surface area contributed by atoms with E-state index in [2.05, 4.69) is 14.9 Å². The van der Waals surface area contributed by atoms with E-state index < -0.39 is 0 Å². The van der Waals surface area contributed by atoms with Crippen molar-refractivity contribution in [3.8, 4) is 0 Å². The van der Waals surface area contributed by atoms with Crippen LogP contribution in [0.5, 0.6) is 0 Å². The van der Waals surface area contributed by atoms with Gasteiger partial charge in [0.25, 0.3) is 0 Å². The number of hydrogen-bond donors (Lipinski definition) is 0. The minimum atomic E-state index is -0.0436. The third-order valence-corrected chi connectivity index (χ3v) is 6.35. The lowest BCUT2D eigenvalue weighted by Crippen LogP contribution is -2.37. The van der Waals surface area contributed by atoms with E-state index in [-0.39, 0.29) is 11.9 Å². The molecule has 0 radical (unpaired) electrons. The third kappa shape index (κ3) is 2.77. The highest BCUT2D eigenvalue weighted by Crippen LogP contribution is 2.40. The molecule has 0 spiro atoms. The first-order valence-electron chi connectivity index (χ1n) is 8.94. The lowest BCUT2D eigenvalue weighted by atomic mass is 9.95. The lowest BCUT2D eigenvalue weighted by Gasteiger charge is -2.32. The Kier molecular flexibility index (Phi) is 4.39. The topological polar surface area (TPSA) is 55.3 Å². The second-order valence-corrected chi connectivity index (χ2v) is 7.69. The van der Waals surface area contributed by atoms with Gasteiger partial charge in [0.1, 0.15) is 17.0 Å². The number of hydrogen-bond acceptors (Lipinski definition) is 6. The molecule has 5 nitrogen and oxygen atoms in total. The zero-order valence-electron chi connectivity index (χ0n) is 14.1. The number of piperidine rings is 1. The summed E-state index contributed by atoms with van der Waals surface area (Å²) in [5.74, 6) is 1.06. The van der Waals surface area contributed by atoms with Crippen LogP contribution in [0.1, 0.15) is 43.0 Å². The molecule has 2 aliphatic rings. The Morgan fingerprint density at radius 1 is 1.29 bits per heavy atom. The Morgan fingerprint density at radius 2 is 2.08 bits per heavy atom. The summed E-state index contributed by atoms with van der Waals surface area (Å²) in [7, 11) is 0. The predicted molar refractivity (Wildman–Crippen MR) is 95.6 cm³/mol. The maximum absolute atomic E-state index is 11.9. The van der Waals surface area contributed by atoms with Gasteiger partial charge in [0.2, 0.25) is 0 Å². The molecule has 1 aliphatic heterocycles. The van der Waals surface area contributed by atoms with Crippen LogP contribution in [0.25, 0.3) is 10.2 Å². The fourth-order valence-electron chi connectivity index (χ4n) is 3.90. The van der Waals surface area contributed by atoms with Crippen LogP contribution in [-0.2, 0) is 22.4 Å². The molecule has 3 heterocycles. The number of carbonyl (C=O) groups excluding carboxylic acids is 1.